The maximum Gasteiger partial charge on any atom is 0.108 e. The minimum atomic E-state index is -0.529. The number of rotatable bonds is 6. The van der Waals surface area contributed by atoms with Gasteiger partial charge in [-0.2, -0.15) is 0 Å². The van der Waals surface area contributed by atoms with E-state index in [-0.39, 0.29) is 0 Å². The number of hydrogen-bond donors (Lipinski definition) is 0. The van der Waals surface area contributed by atoms with E-state index in [1.54, 1.807) is 0 Å². The van der Waals surface area contributed by atoms with Crippen LogP contribution in [0.25, 0.3) is 0 Å². The third-order valence-electron chi connectivity index (χ3n) is 3.01. The van der Waals surface area contributed by atoms with E-state index < -0.39 is 17.9 Å². The molecule has 2 unspecified atom stereocenters. The normalized spacial score (nSPS) is 16.6. The molecule has 0 aromatic carbocycles. The molecule has 0 aliphatic carbocycles. The molecule has 0 aliphatic rings. The zero-order chi connectivity index (χ0) is 10.4. The van der Waals surface area contributed by atoms with Gasteiger partial charge in [-0.05, 0) is 40.3 Å². The van der Waals surface area contributed by atoms with Gasteiger partial charge >= 0.3 is 0 Å². The number of hydrogen-bond acceptors (Lipinski definition) is 2. The average Bonchev–Trinajstić information content (AvgIpc) is 2.03. The molecule has 80 valence electrons. The van der Waals surface area contributed by atoms with Gasteiger partial charge in [0.2, 0.25) is 0 Å². The van der Waals surface area contributed by atoms with E-state index in [1.165, 1.54) is 18.5 Å². The van der Waals surface area contributed by atoms with E-state index in [0.29, 0.717) is 0 Å². The molecular formula is C9H26N2Si2. The molecule has 0 fully saturated rings. The second-order valence-electron chi connectivity index (χ2n) is 4.56. The van der Waals surface area contributed by atoms with E-state index in [2.05, 4.69) is 50.4 Å². The quantitative estimate of drug-likeness (QED) is 0.618. The first-order valence-electron chi connectivity index (χ1n) is 5.28. The molecule has 0 aromatic rings. The lowest BCUT2D eigenvalue weighted by Crippen LogP contribution is -2.31. The molecule has 13 heavy (non-hydrogen) atoms. The fourth-order valence-corrected chi connectivity index (χ4v) is 4.38. The molecule has 0 amide bonds. The molecule has 0 radical (unpaired) electrons. The van der Waals surface area contributed by atoms with Gasteiger partial charge in [0, 0.05) is 0 Å². The van der Waals surface area contributed by atoms with Gasteiger partial charge in [-0.25, -0.2) is 0 Å². The largest absolute Gasteiger partial charge is 0.332 e. The van der Waals surface area contributed by atoms with Crippen molar-refractivity contribution in [2.24, 2.45) is 0 Å². The fraction of sp³-hybridized carbons (Fsp3) is 1.00. The maximum absolute atomic E-state index is 2.45. The monoisotopic (exact) mass is 218 g/mol. The molecule has 0 aliphatic heterocycles. The van der Waals surface area contributed by atoms with Gasteiger partial charge in [-0.1, -0.05) is 19.5 Å². The first kappa shape index (κ1) is 13.4. The lowest BCUT2D eigenvalue weighted by atomic mass is 10.6. The van der Waals surface area contributed by atoms with Crippen LogP contribution in [-0.4, -0.2) is 55.2 Å². The second kappa shape index (κ2) is 6.76. The summed E-state index contributed by atoms with van der Waals surface area (Å²) < 4.78 is 4.89. The summed E-state index contributed by atoms with van der Waals surface area (Å²) in [6.45, 7) is 4.89. The molecule has 0 N–H and O–H groups in total. The molecule has 0 saturated heterocycles. The van der Waals surface area contributed by atoms with Crippen molar-refractivity contribution in [3.05, 3.63) is 0 Å². The van der Waals surface area contributed by atoms with Gasteiger partial charge < -0.3 is 9.13 Å². The van der Waals surface area contributed by atoms with Crippen molar-refractivity contribution >= 4 is 17.9 Å². The summed E-state index contributed by atoms with van der Waals surface area (Å²) in [4.78, 5) is 0. The minimum absolute atomic E-state index is 0.529. The van der Waals surface area contributed by atoms with Crippen LogP contribution in [0, 0.1) is 0 Å². The molecule has 4 heteroatoms. The van der Waals surface area contributed by atoms with Crippen molar-refractivity contribution in [2.45, 2.75) is 31.6 Å². The molecule has 0 heterocycles. The minimum Gasteiger partial charge on any atom is -0.332 e. The number of nitrogens with zero attached hydrogens (tertiary/aromatic N) is 2. The Bertz CT molecular complexity index is 115. The van der Waals surface area contributed by atoms with Crippen molar-refractivity contribution in [1.82, 2.24) is 9.13 Å². The molecular weight excluding hydrogens is 192 g/mol. The summed E-state index contributed by atoms with van der Waals surface area (Å²) in [7, 11) is 7.85. The van der Waals surface area contributed by atoms with E-state index >= 15 is 0 Å². The highest BCUT2D eigenvalue weighted by atomic mass is 28.3. The van der Waals surface area contributed by atoms with E-state index in [1.807, 2.05) is 0 Å². The molecule has 0 spiro atoms. The summed E-state index contributed by atoms with van der Waals surface area (Å²) in [6, 6.07) is 2.97. The third-order valence-corrected chi connectivity index (χ3v) is 9.02. The summed E-state index contributed by atoms with van der Waals surface area (Å²) in [5.41, 5.74) is 0. The van der Waals surface area contributed by atoms with Crippen LogP contribution in [0.3, 0.4) is 0 Å². The zero-order valence-electron chi connectivity index (χ0n) is 10.2. The van der Waals surface area contributed by atoms with E-state index in [4.69, 9.17) is 0 Å². The van der Waals surface area contributed by atoms with Crippen molar-refractivity contribution in [3.63, 3.8) is 0 Å². The Kier molecular flexibility index (Phi) is 6.94. The molecule has 0 bridgehead atoms. The van der Waals surface area contributed by atoms with Crippen LogP contribution in [-0.2, 0) is 0 Å². The van der Waals surface area contributed by atoms with Gasteiger partial charge in [0.1, 0.15) is 17.9 Å². The van der Waals surface area contributed by atoms with E-state index in [9.17, 15) is 0 Å². The Balaban J connectivity index is 3.45. The topological polar surface area (TPSA) is 6.48 Å². The standard InChI is InChI=1S/C9H26N2Si2/c1-10(2)12(5)8-7-9-13(6)11(3)4/h12-13H,7-9H2,1-6H3. The Labute approximate surface area is 87.3 Å². The molecule has 2 nitrogen and oxygen atoms in total. The summed E-state index contributed by atoms with van der Waals surface area (Å²) in [6.07, 6.45) is 1.46. The van der Waals surface area contributed by atoms with Crippen LogP contribution >= 0.6 is 0 Å². The highest BCUT2D eigenvalue weighted by molar-refractivity contribution is 6.55. The third kappa shape index (κ3) is 6.43. The zero-order valence-corrected chi connectivity index (χ0v) is 12.5. The predicted molar refractivity (Wildman–Crippen MR) is 67.6 cm³/mol. The highest BCUT2D eigenvalue weighted by Gasteiger charge is 2.09. The van der Waals surface area contributed by atoms with Gasteiger partial charge in [0.25, 0.3) is 0 Å². The van der Waals surface area contributed by atoms with Crippen molar-refractivity contribution < 1.29 is 0 Å². The first-order valence-corrected chi connectivity index (χ1v) is 10.3. The molecule has 0 aromatic heterocycles. The predicted octanol–water partition coefficient (Wildman–Crippen LogP) is 1.21. The summed E-state index contributed by atoms with van der Waals surface area (Å²) in [5, 5.41) is 0. The van der Waals surface area contributed by atoms with Crippen molar-refractivity contribution in [2.75, 3.05) is 28.2 Å². The van der Waals surface area contributed by atoms with Crippen LogP contribution in [0.4, 0.5) is 0 Å². The van der Waals surface area contributed by atoms with Crippen LogP contribution in [0.1, 0.15) is 6.42 Å². The highest BCUT2D eigenvalue weighted by Crippen LogP contribution is 2.07. The van der Waals surface area contributed by atoms with Crippen LogP contribution in [0.5, 0.6) is 0 Å². The molecule has 0 saturated carbocycles. The SMILES string of the molecule is CN(C)[SiH](C)CCC[SiH](C)N(C)C. The lowest BCUT2D eigenvalue weighted by molar-refractivity contribution is 0.626. The van der Waals surface area contributed by atoms with Gasteiger partial charge in [-0.3, -0.25) is 0 Å². The Morgan fingerprint density at radius 2 is 1.08 bits per heavy atom. The Morgan fingerprint density at radius 3 is 1.31 bits per heavy atom. The van der Waals surface area contributed by atoms with Gasteiger partial charge in [0.15, 0.2) is 0 Å². The van der Waals surface area contributed by atoms with Crippen LogP contribution < -0.4 is 0 Å². The smallest absolute Gasteiger partial charge is 0.108 e. The average molecular weight is 218 g/mol. The van der Waals surface area contributed by atoms with Gasteiger partial charge in [-0.15, -0.1) is 0 Å². The molecule has 2 atom stereocenters. The fourth-order valence-electron chi connectivity index (χ4n) is 1.23. The van der Waals surface area contributed by atoms with Crippen LogP contribution in [0.15, 0.2) is 0 Å². The van der Waals surface area contributed by atoms with Crippen molar-refractivity contribution in [1.29, 1.82) is 0 Å². The lowest BCUT2D eigenvalue weighted by Gasteiger charge is -2.21. The van der Waals surface area contributed by atoms with Gasteiger partial charge in [0.05, 0.1) is 0 Å². The maximum atomic E-state index is 2.45. The Morgan fingerprint density at radius 1 is 0.769 bits per heavy atom. The summed E-state index contributed by atoms with van der Waals surface area (Å²) in [5.74, 6) is 0. The first-order chi connectivity index (χ1) is 5.95. The Hall–Kier alpha value is 0.354. The molecule has 0 rings (SSSR count). The summed E-state index contributed by atoms with van der Waals surface area (Å²) >= 11 is 0. The second-order valence-corrected chi connectivity index (χ2v) is 11.2. The van der Waals surface area contributed by atoms with E-state index in [0.717, 1.165) is 0 Å². The van der Waals surface area contributed by atoms with Crippen molar-refractivity contribution in [3.8, 4) is 0 Å². The van der Waals surface area contributed by atoms with Crippen LogP contribution in [0.2, 0.25) is 25.2 Å².